The SMILES string of the molecule is CN=C(NCCS(=O)C(C)(C)C)N1CC2(CCCC2)c2ccccc21. The van der Waals surface area contributed by atoms with Crippen molar-refractivity contribution in [2.24, 2.45) is 4.99 Å². The van der Waals surface area contributed by atoms with Crippen LogP contribution in [0.5, 0.6) is 0 Å². The van der Waals surface area contributed by atoms with Crippen LogP contribution in [0.2, 0.25) is 0 Å². The topological polar surface area (TPSA) is 44.7 Å². The van der Waals surface area contributed by atoms with Gasteiger partial charge in [-0.2, -0.15) is 0 Å². The molecule has 0 saturated heterocycles. The van der Waals surface area contributed by atoms with Crippen LogP contribution in [-0.2, 0) is 16.2 Å². The van der Waals surface area contributed by atoms with Gasteiger partial charge in [-0.25, -0.2) is 0 Å². The molecule has 1 heterocycles. The van der Waals surface area contributed by atoms with Gasteiger partial charge in [0.15, 0.2) is 5.96 Å². The van der Waals surface area contributed by atoms with Gasteiger partial charge in [0.25, 0.3) is 0 Å². The summed E-state index contributed by atoms with van der Waals surface area (Å²) in [5.41, 5.74) is 3.06. The fourth-order valence-corrected chi connectivity index (χ4v) is 5.06. The predicted molar refractivity (Wildman–Crippen MR) is 108 cm³/mol. The van der Waals surface area contributed by atoms with Gasteiger partial charge in [-0.05, 0) is 45.2 Å². The average Bonchev–Trinajstić information content (AvgIpc) is 3.18. The molecule has 5 heteroatoms. The van der Waals surface area contributed by atoms with E-state index in [1.54, 1.807) is 0 Å². The zero-order chi connectivity index (χ0) is 18.1. The molecule has 138 valence electrons. The van der Waals surface area contributed by atoms with Gasteiger partial charge in [0.05, 0.1) is 0 Å². The van der Waals surface area contributed by atoms with E-state index in [-0.39, 0.29) is 4.75 Å². The van der Waals surface area contributed by atoms with E-state index in [9.17, 15) is 4.21 Å². The molecule has 25 heavy (non-hydrogen) atoms. The third kappa shape index (κ3) is 3.62. The van der Waals surface area contributed by atoms with Crippen molar-refractivity contribution in [3.8, 4) is 0 Å². The Morgan fingerprint density at radius 3 is 2.60 bits per heavy atom. The summed E-state index contributed by atoms with van der Waals surface area (Å²) in [6, 6.07) is 8.78. The summed E-state index contributed by atoms with van der Waals surface area (Å²) in [6.07, 6.45) is 5.18. The first kappa shape index (κ1) is 18.4. The number of rotatable bonds is 3. The lowest BCUT2D eigenvalue weighted by atomic mass is 9.81. The van der Waals surface area contributed by atoms with Crippen molar-refractivity contribution < 1.29 is 4.21 Å². The summed E-state index contributed by atoms with van der Waals surface area (Å²) in [5, 5.41) is 3.44. The summed E-state index contributed by atoms with van der Waals surface area (Å²) in [6.45, 7) is 7.77. The van der Waals surface area contributed by atoms with Crippen molar-refractivity contribution in [1.29, 1.82) is 0 Å². The number of aliphatic imine (C=N–C) groups is 1. The Labute approximate surface area is 154 Å². The number of fused-ring (bicyclic) bond motifs is 2. The molecule has 2 aliphatic rings. The number of para-hydroxylation sites is 1. The van der Waals surface area contributed by atoms with E-state index in [1.807, 2.05) is 27.8 Å². The first-order chi connectivity index (χ1) is 11.9. The van der Waals surface area contributed by atoms with E-state index in [0.29, 0.717) is 17.7 Å². The van der Waals surface area contributed by atoms with Gasteiger partial charge < -0.3 is 10.2 Å². The number of hydrogen-bond acceptors (Lipinski definition) is 2. The first-order valence-corrected chi connectivity index (χ1v) is 10.7. The Balaban J connectivity index is 1.73. The molecule has 1 atom stereocenters. The van der Waals surface area contributed by atoms with Crippen molar-refractivity contribution in [2.75, 3.05) is 30.8 Å². The van der Waals surface area contributed by atoms with E-state index >= 15 is 0 Å². The van der Waals surface area contributed by atoms with E-state index in [4.69, 9.17) is 0 Å². The molecule has 0 radical (unpaired) electrons. The average molecular weight is 362 g/mol. The molecule has 1 aromatic rings. The number of guanidine groups is 1. The van der Waals surface area contributed by atoms with Crippen LogP contribution >= 0.6 is 0 Å². The lowest BCUT2D eigenvalue weighted by molar-refractivity contribution is 0.478. The van der Waals surface area contributed by atoms with Crippen LogP contribution in [0.4, 0.5) is 5.69 Å². The monoisotopic (exact) mass is 361 g/mol. The van der Waals surface area contributed by atoms with Gasteiger partial charge in [-0.15, -0.1) is 0 Å². The number of nitrogens with one attached hydrogen (secondary N) is 1. The van der Waals surface area contributed by atoms with Crippen molar-refractivity contribution in [2.45, 2.75) is 56.6 Å². The molecule has 1 N–H and O–H groups in total. The first-order valence-electron chi connectivity index (χ1n) is 9.34. The van der Waals surface area contributed by atoms with Crippen LogP contribution in [0.25, 0.3) is 0 Å². The summed E-state index contributed by atoms with van der Waals surface area (Å²) >= 11 is 0. The van der Waals surface area contributed by atoms with Crippen LogP contribution < -0.4 is 10.2 Å². The third-order valence-electron chi connectivity index (χ3n) is 5.51. The lowest BCUT2D eigenvalue weighted by Gasteiger charge is -2.27. The van der Waals surface area contributed by atoms with Gasteiger partial charge in [0.2, 0.25) is 0 Å². The highest BCUT2D eigenvalue weighted by molar-refractivity contribution is 7.86. The molecular weight excluding hydrogens is 330 g/mol. The number of anilines is 1. The minimum Gasteiger partial charge on any atom is -0.355 e. The van der Waals surface area contributed by atoms with Crippen LogP contribution in [0.15, 0.2) is 29.3 Å². The molecule has 1 spiro atoms. The highest BCUT2D eigenvalue weighted by Gasteiger charge is 2.45. The fourth-order valence-electron chi connectivity index (χ4n) is 4.16. The number of nitrogens with zero attached hydrogens (tertiary/aromatic N) is 2. The Morgan fingerprint density at radius 1 is 1.28 bits per heavy atom. The molecule has 0 aromatic heterocycles. The van der Waals surface area contributed by atoms with Crippen LogP contribution in [0, 0.1) is 0 Å². The molecule has 0 amide bonds. The van der Waals surface area contributed by atoms with Crippen LogP contribution in [-0.4, -0.2) is 40.8 Å². The zero-order valence-corrected chi connectivity index (χ0v) is 16.8. The molecule has 1 aliphatic heterocycles. The van der Waals surface area contributed by atoms with Crippen molar-refractivity contribution >= 4 is 22.4 Å². The Morgan fingerprint density at radius 2 is 1.96 bits per heavy atom. The fraction of sp³-hybridized carbons (Fsp3) is 0.650. The zero-order valence-electron chi connectivity index (χ0n) is 16.0. The van der Waals surface area contributed by atoms with E-state index < -0.39 is 10.8 Å². The predicted octanol–water partition coefficient (Wildman–Crippen LogP) is 3.44. The largest absolute Gasteiger partial charge is 0.355 e. The van der Waals surface area contributed by atoms with Crippen molar-refractivity contribution in [3.63, 3.8) is 0 Å². The minimum absolute atomic E-state index is 0.167. The van der Waals surface area contributed by atoms with Gasteiger partial charge in [-0.3, -0.25) is 9.20 Å². The second kappa shape index (κ2) is 7.10. The third-order valence-corrected chi connectivity index (χ3v) is 7.45. The van der Waals surface area contributed by atoms with Crippen molar-refractivity contribution in [1.82, 2.24) is 5.32 Å². The molecule has 1 saturated carbocycles. The lowest BCUT2D eigenvalue weighted by Crippen LogP contribution is -2.45. The molecule has 1 fully saturated rings. The number of benzene rings is 1. The maximum atomic E-state index is 12.3. The van der Waals surface area contributed by atoms with Gasteiger partial charge in [-0.1, -0.05) is 31.0 Å². The molecular formula is C20H31N3OS. The van der Waals surface area contributed by atoms with E-state index in [0.717, 1.165) is 12.5 Å². The molecule has 1 aromatic carbocycles. The quantitative estimate of drug-likeness (QED) is 0.662. The second-order valence-electron chi connectivity index (χ2n) is 8.23. The Hall–Kier alpha value is -1.36. The highest BCUT2D eigenvalue weighted by atomic mass is 32.2. The van der Waals surface area contributed by atoms with Gasteiger partial charge >= 0.3 is 0 Å². The molecule has 1 unspecified atom stereocenters. The minimum atomic E-state index is -0.847. The molecule has 0 bridgehead atoms. The normalized spacial score (nSPS) is 20.8. The summed E-state index contributed by atoms with van der Waals surface area (Å²) in [5.74, 6) is 1.55. The maximum absolute atomic E-state index is 12.3. The van der Waals surface area contributed by atoms with E-state index in [2.05, 4.69) is 39.5 Å². The Bertz CT molecular complexity index is 672. The standard InChI is InChI=1S/C20H31N3OS/c1-19(2,3)25(24)14-13-22-18(21-4)23-15-20(11-7-8-12-20)16-9-5-6-10-17(16)23/h5-6,9-10H,7-8,11-15H2,1-4H3,(H,21,22). The number of hydrogen-bond donors (Lipinski definition) is 1. The molecule has 1 aliphatic carbocycles. The maximum Gasteiger partial charge on any atom is 0.198 e. The molecule has 4 nitrogen and oxygen atoms in total. The van der Waals surface area contributed by atoms with Crippen LogP contribution in [0.1, 0.15) is 52.0 Å². The summed E-state index contributed by atoms with van der Waals surface area (Å²) < 4.78 is 12.1. The van der Waals surface area contributed by atoms with Crippen molar-refractivity contribution in [3.05, 3.63) is 29.8 Å². The highest BCUT2D eigenvalue weighted by Crippen LogP contribution is 2.50. The Kier molecular flexibility index (Phi) is 5.24. The van der Waals surface area contributed by atoms with Gasteiger partial charge in [0.1, 0.15) is 0 Å². The van der Waals surface area contributed by atoms with Gasteiger partial charge in [0, 0.05) is 52.5 Å². The second-order valence-corrected chi connectivity index (χ2v) is 10.6. The summed E-state index contributed by atoms with van der Waals surface area (Å²) in [7, 11) is 0.992. The molecule has 3 rings (SSSR count). The van der Waals surface area contributed by atoms with E-state index in [1.165, 1.54) is 36.9 Å². The summed E-state index contributed by atoms with van der Waals surface area (Å²) in [4.78, 5) is 6.85. The van der Waals surface area contributed by atoms with Crippen LogP contribution in [0.3, 0.4) is 0 Å². The smallest absolute Gasteiger partial charge is 0.198 e.